The largest absolute Gasteiger partial charge is 1.00 e. The maximum Gasteiger partial charge on any atom is 1.00 e. The van der Waals surface area contributed by atoms with Crippen molar-refractivity contribution in [1.82, 2.24) is 0 Å². The quantitative estimate of drug-likeness (QED) is 0.535. The molecule has 17 heteroatoms. The molecule has 0 heterocycles. The summed E-state index contributed by atoms with van der Waals surface area (Å²) in [5.74, 6) is -24.6. The predicted molar refractivity (Wildman–Crippen MR) is 39.1 cm³/mol. The van der Waals surface area contributed by atoms with Crippen LogP contribution in [0.4, 0.5) is 65.9 Å². The number of halogens is 15. The van der Waals surface area contributed by atoms with E-state index in [1.54, 1.807) is 0 Å². The Morgan fingerprint density at radius 3 is 0.625 bits per heavy atom. The van der Waals surface area contributed by atoms with Gasteiger partial charge in [0.15, 0.2) is 0 Å². The van der Waals surface area contributed by atoms with E-state index in [1.165, 1.54) is 0 Å². The number of alkyl halides is 15. The molecule has 0 spiro atoms. The second-order valence-corrected chi connectivity index (χ2v) is 3.93. The molecule has 0 bridgehead atoms. The molecule has 0 aromatic rings. The Kier molecular flexibility index (Phi) is 7.38. The molecule has 0 atom stereocenters. The molecule has 142 valence electrons. The van der Waals surface area contributed by atoms with Crippen LogP contribution >= 0.6 is 0 Å². The van der Waals surface area contributed by atoms with Gasteiger partial charge in [-0.1, -0.05) is 0 Å². The molecule has 0 aromatic heterocycles. The molecular weight excluding hydrogens is 424 g/mol. The first-order chi connectivity index (χ1) is 9.50. The summed E-state index contributed by atoms with van der Waals surface area (Å²) in [5, 5.41) is 8.19. The Labute approximate surface area is 165 Å². The van der Waals surface area contributed by atoms with Crippen LogP contribution in [0.1, 0.15) is 1.43 Å². The van der Waals surface area contributed by atoms with E-state index < -0.39 is 41.9 Å². The van der Waals surface area contributed by atoms with Crippen LogP contribution in [0.5, 0.6) is 0 Å². The minimum atomic E-state index is -8.23. The Morgan fingerprint density at radius 2 is 0.542 bits per heavy atom. The molecule has 0 radical (unpaired) electrons. The summed E-state index contributed by atoms with van der Waals surface area (Å²) in [5.41, 5.74) is -8.23. The third-order valence-corrected chi connectivity index (χ3v) is 2.43. The van der Waals surface area contributed by atoms with Crippen LogP contribution < -0.4 is 51.4 Å². The van der Waals surface area contributed by atoms with Crippen LogP contribution in [0.2, 0.25) is 0 Å². The minimum Gasteiger partial charge on any atom is -1.00 e. The third-order valence-electron chi connectivity index (χ3n) is 2.43. The van der Waals surface area contributed by atoms with Gasteiger partial charge in [-0.05, 0) is 0 Å². The summed E-state index contributed by atoms with van der Waals surface area (Å²) < 4.78 is 183. The van der Waals surface area contributed by atoms with Crippen LogP contribution in [0.25, 0.3) is 0 Å². The van der Waals surface area contributed by atoms with Gasteiger partial charge >= 0.3 is 87.7 Å². The van der Waals surface area contributed by atoms with E-state index in [1.807, 2.05) is 0 Å². The van der Waals surface area contributed by atoms with E-state index in [0.29, 0.717) is 0 Å². The average molecular weight is 426 g/mol. The Bertz CT molecular complexity index is 384. The minimum absolute atomic E-state index is 0. The van der Waals surface area contributed by atoms with Crippen LogP contribution in [0, 0.1) is 0 Å². The Balaban J connectivity index is -0.00000242. The van der Waals surface area contributed by atoms with Gasteiger partial charge in [0.1, 0.15) is 0 Å². The van der Waals surface area contributed by atoms with Gasteiger partial charge in [0.25, 0.3) is 5.60 Å². The van der Waals surface area contributed by atoms with Crippen molar-refractivity contribution in [2.24, 2.45) is 0 Å². The molecule has 0 saturated carbocycles. The normalized spacial score (nSPS) is 16.0. The zero-order valence-corrected chi connectivity index (χ0v) is 13.7. The van der Waals surface area contributed by atoms with Gasteiger partial charge in [-0.15, -0.1) is 0 Å². The first-order valence-electron chi connectivity index (χ1n) is 4.56. The van der Waals surface area contributed by atoms with E-state index in [9.17, 15) is 65.9 Å². The van der Waals surface area contributed by atoms with Crippen LogP contribution in [-0.4, -0.2) is 47.0 Å². The second-order valence-electron chi connectivity index (χ2n) is 3.93. The van der Waals surface area contributed by atoms with Crippen molar-refractivity contribution >= 4 is 0 Å². The van der Waals surface area contributed by atoms with E-state index in [-0.39, 0.29) is 52.8 Å². The summed E-state index contributed by atoms with van der Waals surface area (Å²) in [7, 11) is 0. The summed E-state index contributed by atoms with van der Waals surface area (Å²) in [6.07, 6.45) is -23.4. The number of hydrogen-bond acceptors (Lipinski definition) is 1. The maximum atomic E-state index is 12.7. The molecule has 0 rings (SSSR count). The summed E-state index contributed by atoms with van der Waals surface area (Å²) >= 11 is 0. The monoisotopic (exact) mass is 426 g/mol. The summed E-state index contributed by atoms with van der Waals surface area (Å²) in [6.45, 7) is 0. The van der Waals surface area contributed by atoms with E-state index in [0.717, 1.165) is 0 Å². The molecule has 0 aliphatic rings. The molecule has 1 N–H and O–H groups in total. The maximum absolute atomic E-state index is 12.7. The second kappa shape index (κ2) is 6.61. The Hall–Kier alpha value is 0.546. The Morgan fingerprint density at radius 1 is 0.417 bits per heavy atom. The first-order valence-corrected chi connectivity index (χ1v) is 4.56. The van der Waals surface area contributed by atoms with Crippen molar-refractivity contribution in [3.05, 3.63) is 0 Å². The molecule has 0 aromatic carbocycles. The molecule has 0 unspecified atom stereocenters. The van der Waals surface area contributed by atoms with Crippen molar-refractivity contribution in [2.45, 2.75) is 41.9 Å². The fourth-order valence-electron chi connectivity index (χ4n) is 1.21. The molecule has 0 saturated heterocycles. The summed E-state index contributed by atoms with van der Waals surface area (Å²) in [6, 6.07) is 0. The van der Waals surface area contributed by atoms with Gasteiger partial charge in [0.05, 0.1) is 0 Å². The average Bonchev–Trinajstić information content (AvgIpc) is 2.22. The van der Waals surface area contributed by atoms with Crippen LogP contribution in [-0.2, 0) is 0 Å². The standard InChI is InChI=1S/C7HF15O.K.H/c8-2(9,5(14,15)16)1(23,3(10,11)6(17,18)19)4(12,13)7(20,21)22;;/h23H;;/q;+1;-1. The molecule has 1 nitrogen and oxygen atoms in total. The van der Waals surface area contributed by atoms with Gasteiger partial charge in [-0.2, -0.15) is 65.9 Å². The fraction of sp³-hybridized carbons (Fsp3) is 1.00. The topological polar surface area (TPSA) is 20.2 Å². The number of hydrogen-bond donors (Lipinski definition) is 1. The third kappa shape index (κ3) is 3.52. The van der Waals surface area contributed by atoms with Gasteiger partial charge < -0.3 is 6.53 Å². The molecular formula is C7H2F15KO. The van der Waals surface area contributed by atoms with Crippen molar-refractivity contribution in [3.8, 4) is 0 Å². The molecule has 0 amide bonds. The van der Waals surface area contributed by atoms with E-state index in [2.05, 4.69) is 0 Å². The van der Waals surface area contributed by atoms with E-state index in [4.69, 9.17) is 5.11 Å². The van der Waals surface area contributed by atoms with Gasteiger partial charge in [-0.3, -0.25) is 0 Å². The molecule has 24 heavy (non-hydrogen) atoms. The SMILES string of the molecule is OC(C(F)(F)C(F)(F)F)(C(F)(F)C(F)(F)F)C(F)(F)C(F)(F)F.[H-].[K+]. The van der Waals surface area contributed by atoms with Crippen molar-refractivity contribution in [1.29, 1.82) is 0 Å². The summed E-state index contributed by atoms with van der Waals surface area (Å²) in [4.78, 5) is 0. The molecule has 0 aliphatic carbocycles. The van der Waals surface area contributed by atoms with E-state index >= 15 is 0 Å². The first kappa shape index (κ1) is 26.8. The smallest absolute Gasteiger partial charge is 1.00 e. The molecule has 0 fully saturated rings. The zero-order chi connectivity index (χ0) is 19.5. The zero-order valence-electron chi connectivity index (χ0n) is 11.6. The van der Waals surface area contributed by atoms with Gasteiger partial charge in [0, 0.05) is 0 Å². The van der Waals surface area contributed by atoms with Gasteiger partial charge in [0.2, 0.25) is 0 Å². The van der Waals surface area contributed by atoms with Crippen molar-refractivity contribution in [3.63, 3.8) is 0 Å². The predicted octanol–water partition coefficient (Wildman–Crippen LogP) is 1.43. The fourth-order valence-corrected chi connectivity index (χ4v) is 1.21. The number of rotatable bonds is 3. The van der Waals surface area contributed by atoms with Crippen LogP contribution in [0.3, 0.4) is 0 Å². The van der Waals surface area contributed by atoms with Crippen LogP contribution in [0.15, 0.2) is 0 Å². The van der Waals surface area contributed by atoms with Gasteiger partial charge in [-0.25, -0.2) is 0 Å². The molecule has 0 aliphatic heterocycles. The number of aliphatic hydroxyl groups is 1. The van der Waals surface area contributed by atoms with Crippen molar-refractivity contribution in [2.75, 3.05) is 0 Å². The van der Waals surface area contributed by atoms with Crippen molar-refractivity contribution < 1.29 is 124 Å².